The number of halogens is 20. The van der Waals surface area contributed by atoms with Gasteiger partial charge in [0.2, 0.25) is 18.0 Å². The van der Waals surface area contributed by atoms with Crippen LogP contribution in [0.25, 0.3) is 5.57 Å². The van der Waals surface area contributed by atoms with Gasteiger partial charge in [-0.1, -0.05) is 36.9 Å². The number of hydrogen-bond donors (Lipinski definition) is 1. The zero-order valence-corrected chi connectivity index (χ0v) is 30.8. The van der Waals surface area contributed by atoms with E-state index in [0.717, 1.165) is 0 Å². The van der Waals surface area contributed by atoms with Crippen molar-refractivity contribution in [1.82, 2.24) is 4.98 Å². The summed E-state index contributed by atoms with van der Waals surface area (Å²) < 4.78 is 295. The third kappa shape index (κ3) is 7.78. The van der Waals surface area contributed by atoms with Gasteiger partial charge in [-0.3, -0.25) is 9.78 Å². The normalized spacial score (nSPS) is 11.4. The lowest BCUT2D eigenvalue weighted by Gasteiger charge is -2.44. The summed E-state index contributed by atoms with van der Waals surface area (Å²) in [6.45, 7) is 3.53. The van der Waals surface area contributed by atoms with Gasteiger partial charge in [-0.2, -0.15) is 4.57 Å². The number of carbonyl (C=O) groups excluding carboxylic acids is 1. The highest BCUT2D eigenvalue weighted by atomic mass is 19.2. The SMILES string of the molecule is C=C(C(=O)O)c1cncc[n+]1CC(=O)c1ccccc1.Fc1c(F)c(F)c([B-](c2c(F)c(F)c(F)c(F)c2F)(c2c(F)c(F)c(F)c(F)c2F)c2c(F)c(F)c(F)c(F)c2F)c(F)c1F. The van der Waals surface area contributed by atoms with E-state index in [1.54, 1.807) is 30.5 Å². The standard InChI is InChI=1S/C24BF20.C15H12N2O3/c26-5-1(6(27)14(35)21(42)13(5)34)25(2-7(28)15(36)22(43)16(37)8(2)29,3-9(30)17(38)23(44)18(39)10(3)31)4-11(32)19(40)24(45)20(41)12(4)33;1-11(15(19)20)13-9-16-7-8-17(13)10-14(18)12-5-3-2-4-6-12/h;2-9H,1,10H2/q-1;/p+1. The van der Waals surface area contributed by atoms with Gasteiger partial charge in [0.05, 0.1) is 12.4 Å². The van der Waals surface area contributed by atoms with Crippen molar-refractivity contribution in [2.45, 2.75) is 6.54 Å². The van der Waals surface area contributed by atoms with Crippen LogP contribution in [0.3, 0.4) is 0 Å². The van der Waals surface area contributed by atoms with Crippen molar-refractivity contribution in [3.63, 3.8) is 0 Å². The van der Waals surface area contributed by atoms with Gasteiger partial charge in [-0.15, -0.1) is 21.9 Å². The summed E-state index contributed by atoms with van der Waals surface area (Å²) >= 11 is 0. The molecule has 0 atom stereocenters. The number of carboxylic acid groups (broad SMARTS) is 1. The van der Waals surface area contributed by atoms with E-state index in [4.69, 9.17) is 5.11 Å². The minimum Gasteiger partial charge on any atom is -0.477 e. The monoisotopic (exact) mass is 948 g/mol. The predicted molar refractivity (Wildman–Crippen MR) is 181 cm³/mol. The molecular formula is C39H13BF20N2O3. The fourth-order valence-corrected chi connectivity index (χ4v) is 6.63. The topological polar surface area (TPSA) is 71.1 Å². The lowest BCUT2D eigenvalue weighted by atomic mass is 9.12. The first kappa shape index (κ1) is 48.8. The number of ketones is 1. The summed E-state index contributed by atoms with van der Waals surface area (Å²) in [5.41, 5.74) is -13.5. The Morgan fingerprint density at radius 1 is 0.477 bits per heavy atom. The van der Waals surface area contributed by atoms with Crippen LogP contribution in [0.15, 0.2) is 55.5 Å². The third-order valence-corrected chi connectivity index (χ3v) is 9.52. The van der Waals surface area contributed by atoms with Gasteiger partial charge in [-0.05, 0) is 0 Å². The van der Waals surface area contributed by atoms with Crippen molar-refractivity contribution in [3.8, 4) is 0 Å². The Hall–Kier alpha value is -7.28. The van der Waals surface area contributed by atoms with Crippen LogP contribution in [0.2, 0.25) is 0 Å². The molecule has 0 radical (unpaired) electrons. The number of carboxylic acids is 1. The van der Waals surface area contributed by atoms with Crippen LogP contribution in [0.1, 0.15) is 16.1 Å². The smallest absolute Gasteiger partial charge is 0.341 e. The summed E-state index contributed by atoms with van der Waals surface area (Å²) in [5.74, 6) is -72.7. The molecule has 1 aromatic heterocycles. The summed E-state index contributed by atoms with van der Waals surface area (Å²) in [5, 5.41) is 8.99. The second kappa shape index (κ2) is 18.1. The fourth-order valence-electron chi connectivity index (χ4n) is 6.63. The number of rotatable bonds is 9. The average Bonchev–Trinajstić information content (AvgIpc) is 3.29. The Morgan fingerprint density at radius 2 is 0.754 bits per heavy atom. The number of hydrogen-bond acceptors (Lipinski definition) is 3. The molecule has 0 saturated carbocycles. The van der Waals surface area contributed by atoms with Gasteiger partial charge in [0.15, 0.2) is 76.0 Å². The number of aromatic nitrogens is 2. The van der Waals surface area contributed by atoms with Crippen molar-refractivity contribution in [3.05, 3.63) is 183 Å². The molecule has 1 N–H and O–H groups in total. The largest absolute Gasteiger partial charge is 0.477 e. The molecule has 65 heavy (non-hydrogen) atoms. The van der Waals surface area contributed by atoms with E-state index >= 15 is 35.1 Å². The third-order valence-electron chi connectivity index (χ3n) is 9.52. The summed E-state index contributed by atoms with van der Waals surface area (Å²) in [7, 11) is 0. The second-order valence-corrected chi connectivity index (χ2v) is 13.0. The zero-order valence-electron chi connectivity index (χ0n) is 30.8. The van der Waals surface area contributed by atoms with E-state index in [1.807, 2.05) is 6.07 Å². The van der Waals surface area contributed by atoms with Gasteiger partial charge < -0.3 is 5.11 Å². The molecule has 5 aromatic carbocycles. The van der Waals surface area contributed by atoms with Crippen LogP contribution in [-0.2, 0) is 11.3 Å². The second-order valence-electron chi connectivity index (χ2n) is 13.0. The van der Waals surface area contributed by atoms with Crippen LogP contribution in [0, 0.1) is 116 Å². The summed E-state index contributed by atoms with van der Waals surface area (Å²) in [6, 6.07) is 8.82. The highest BCUT2D eigenvalue weighted by Crippen LogP contribution is 2.31. The molecule has 340 valence electrons. The first-order valence-electron chi connectivity index (χ1n) is 16.9. The Morgan fingerprint density at radius 3 is 1.03 bits per heavy atom. The summed E-state index contributed by atoms with van der Waals surface area (Å²) in [6.07, 6.45) is -2.78. The molecule has 5 nitrogen and oxygen atoms in total. The lowest BCUT2D eigenvalue weighted by Crippen LogP contribution is -2.81. The highest BCUT2D eigenvalue weighted by molar-refractivity contribution is 7.20. The molecule has 26 heteroatoms. The van der Waals surface area contributed by atoms with Gasteiger partial charge in [0.1, 0.15) is 58.3 Å². The molecule has 0 unspecified atom stereocenters. The lowest BCUT2D eigenvalue weighted by molar-refractivity contribution is -0.685. The van der Waals surface area contributed by atoms with Crippen LogP contribution < -0.4 is 26.4 Å². The molecule has 0 aliphatic rings. The Bertz CT molecular complexity index is 2610. The first-order chi connectivity index (χ1) is 30.3. The number of carbonyl (C=O) groups is 2. The fraction of sp³-hybridized carbons (Fsp3) is 0.0256. The zero-order chi connectivity index (χ0) is 48.9. The van der Waals surface area contributed by atoms with Crippen molar-refractivity contribution < 1.29 is 107 Å². The average molecular weight is 948 g/mol. The van der Waals surface area contributed by atoms with Crippen LogP contribution in [0.5, 0.6) is 0 Å². The van der Waals surface area contributed by atoms with E-state index in [-0.39, 0.29) is 17.9 Å². The highest BCUT2D eigenvalue weighted by Gasteiger charge is 2.52. The number of aliphatic carboxylic acids is 1. The number of Topliss-reactive ketones (excluding diaryl/α,β-unsaturated/α-hetero) is 1. The Kier molecular flexibility index (Phi) is 13.6. The van der Waals surface area contributed by atoms with E-state index in [2.05, 4.69) is 11.6 Å². The molecule has 0 amide bonds. The maximum atomic E-state index is 15.4. The van der Waals surface area contributed by atoms with Crippen molar-refractivity contribution in [2.75, 3.05) is 0 Å². The maximum Gasteiger partial charge on any atom is 0.341 e. The van der Waals surface area contributed by atoms with Crippen molar-refractivity contribution >= 4 is 45.3 Å². The predicted octanol–water partition coefficient (Wildman–Crippen LogP) is 7.20. The number of nitrogens with zero attached hydrogens (tertiary/aromatic N) is 2. The van der Waals surface area contributed by atoms with Crippen LogP contribution in [-0.4, -0.2) is 28.0 Å². The Labute approximate surface area is 347 Å². The van der Waals surface area contributed by atoms with Gasteiger partial charge in [-0.25, -0.2) is 92.6 Å². The molecule has 0 aliphatic carbocycles. The molecule has 6 aromatic rings. The molecule has 0 bridgehead atoms. The maximum absolute atomic E-state index is 15.4. The Balaban J connectivity index is 0.000000330. The first-order valence-corrected chi connectivity index (χ1v) is 16.9. The van der Waals surface area contributed by atoms with Crippen molar-refractivity contribution in [1.29, 1.82) is 0 Å². The van der Waals surface area contributed by atoms with E-state index in [0.29, 0.717) is 11.3 Å². The van der Waals surface area contributed by atoms with Gasteiger partial charge >= 0.3 is 5.97 Å². The van der Waals surface area contributed by atoms with Crippen LogP contribution >= 0.6 is 0 Å². The number of benzene rings is 5. The molecule has 0 saturated heterocycles. The van der Waals surface area contributed by atoms with E-state index in [1.165, 1.54) is 17.0 Å². The quantitative estimate of drug-likeness (QED) is 0.0317. The molecule has 0 fully saturated rings. The van der Waals surface area contributed by atoms with E-state index < -0.39 is 150 Å². The molecule has 1 heterocycles. The van der Waals surface area contributed by atoms with Crippen molar-refractivity contribution in [2.24, 2.45) is 0 Å². The van der Waals surface area contributed by atoms with E-state index in [9.17, 15) is 62.3 Å². The molecular weight excluding hydrogens is 935 g/mol. The minimum atomic E-state index is -7.22. The molecule has 0 spiro atoms. The van der Waals surface area contributed by atoms with Gasteiger partial charge in [0.25, 0.3) is 0 Å². The minimum absolute atomic E-state index is 0.0359. The summed E-state index contributed by atoms with van der Waals surface area (Å²) in [4.78, 5) is 27.0. The van der Waals surface area contributed by atoms with Crippen LogP contribution in [0.4, 0.5) is 87.8 Å². The van der Waals surface area contributed by atoms with Gasteiger partial charge in [0, 0.05) is 5.56 Å². The molecule has 0 aliphatic heterocycles. The molecule has 6 rings (SSSR count).